The van der Waals surface area contributed by atoms with Crippen LogP contribution >= 0.6 is 0 Å². The molecular formula is C42H42N4O6. The Hall–Kier alpha value is -5.74. The number of imide groups is 2. The van der Waals surface area contributed by atoms with Crippen LogP contribution in [0.3, 0.4) is 0 Å². The zero-order chi connectivity index (χ0) is 36.0. The van der Waals surface area contributed by atoms with Crippen LogP contribution in [0.1, 0.15) is 69.5 Å². The van der Waals surface area contributed by atoms with Crippen LogP contribution in [0.5, 0.6) is 11.5 Å². The van der Waals surface area contributed by atoms with Gasteiger partial charge in [0.2, 0.25) is 11.8 Å². The fourth-order valence-electron chi connectivity index (χ4n) is 7.11. The predicted molar refractivity (Wildman–Crippen MR) is 199 cm³/mol. The number of unbranched alkanes of at least 4 members (excludes halogenated alkanes) is 2. The quantitative estimate of drug-likeness (QED) is 0.109. The molecule has 0 aromatic heterocycles. The highest BCUT2D eigenvalue weighted by Gasteiger charge is 2.44. The van der Waals surface area contributed by atoms with Crippen molar-refractivity contribution in [2.45, 2.75) is 38.1 Å². The fourth-order valence-corrected chi connectivity index (χ4v) is 7.11. The Kier molecular flexibility index (Phi) is 10.4. The van der Waals surface area contributed by atoms with E-state index < -0.39 is 23.8 Å². The lowest BCUT2D eigenvalue weighted by Crippen LogP contribution is -2.54. The van der Waals surface area contributed by atoms with Crippen molar-refractivity contribution >= 4 is 41.0 Å². The third-order valence-electron chi connectivity index (χ3n) is 10.0. The van der Waals surface area contributed by atoms with Crippen molar-refractivity contribution in [3.8, 4) is 11.5 Å². The second-order valence-corrected chi connectivity index (χ2v) is 13.5. The molecule has 3 aliphatic heterocycles. The van der Waals surface area contributed by atoms with Gasteiger partial charge in [0.1, 0.15) is 17.5 Å². The first-order valence-corrected chi connectivity index (χ1v) is 18.0. The van der Waals surface area contributed by atoms with Gasteiger partial charge in [0.05, 0.1) is 17.7 Å². The molecule has 0 spiro atoms. The minimum absolute atomic E-state index is 0.0983. The predicted octanol–water partition coefficient (Wildman–Crippen LogP) is 5.75. The van der Waals surface area contributed by atoms with Gasteiger partial charge in [-0.3, -0.25) is 34.3 Å². The average Bonchev–Trinajstić information content (AvgIpc) is 3.41. The van der Waals surface area contributed by atoms with Crippen molar-refractivity contribution < 1.29 is 29.0 Å². The fraction of sp³-hybridized carbons (Fsp3) is 0.286. The summed E-state index contributed by atoms with van der Waals surface area (Å²) in [6, 6.07) is 30.0. The molecular weight excluding hydrogens is 656 g/mol. The van der Waals surface area contributed by atoms with Gasteiger partial charge in [-0.1, -0.05) is 54.6 Å². The highest BCUT2D eigenvalue weighted by Crippen LogP contribution is 2.32. The summed E-state index contributed by atoms with van der Waals surface area (Å²) < 4.78 is 6.08. The largest absolute Gasteiger partial charge is 0.508 e. The van der Waals surface area contributed by atoms with Gasteiger partial charge in [0.25, 0.3) is 11.8 Å². The number of phenolic OH excluding ortho intramolecular Hbond substituents is 1. The van der Waals surface area contributed by atoms with Crippen LogP contribution < -0.4 is 15.0 Å². The lowest BCUT2D eigenvalue weighted by atomic mass is 9.95. The highest BCUT2D eigenvalue weighted by atomic mass is 16.5. The Labute approximate surface area is 303 Å². The molecule has 3 heterocycles. The molecule has 2 N–H and O–H groups in total. The Morgan fingerprint density at radius 3 is 2.17 bits per heavy atom. The molecule has 1 atom stereocenters. The third kappa shape index (κ3) is 7.77. The number of nitrogens with one attached hydrogen (secondary N) is 1. The number of fused-ring (bicyclic) bond motifs is 1. The number of carbonyl (C=O) groups excluding carboxylic acids is 4. The minimum atomic E-state index is -0.963. The van der Waals surface area contributed by atoms with Gasteiger partial charge in [0.15, 0.2) is 0 Å². The normalized spacial score (nSPS) is 18.1. The molecule has 266 valence electrons. The van der Waals surface area contributed by atoms with E-state index in [2.05, 4.69) is 45.5 Å². The topological polar surface area (TPSA) is 119 Å². The van der Waals surface area contributed by atoms with Gasteiger partial charge in [-0.05, 0) is 103 Å². The molecule has 52 heavy (non-hydrogen) atoms. The van der Waals surface area contributed by atoms with Crippen LogP contribution in [-0.4, -0.2) is 83.9 Å². The number of amides is 4. The van der Waals surface area contributed by atoms with Gasteiger partial charge in [-0.15, -0.1) is 0 Å². The number of piperidine rings is 1. The molecule has 3 aliphatic rings. The molecule has 2 fully saturated rings. The summed E-state index contributed by atoms with van der Waals surface area (Å²) in [5.74, 6) is -0.876. The number of aromatic hydroxyl groups is 1. The number of carbonyl (C=O) groups is 4. The Bertz CT molecular complexity index is 1970. The zero-order valence-corrected chi connectivity index (χ0v) is 29.0. The van der Waals surface area contributed by atoms with Gasteiger partial charge in [-0.25, -0.2) is 0 Å². The molecule has 10 heteroatoms. The number of hydrogen-bond acceptors (Lipinski definition) is 8. The Morgan fingerprint density at radius 2 is 1.46 bits per heavy atom. The molecule has 4 aromatic carbocycles. The molecule has 4 amide bonds. The first-order chi connectivity index (χ1) is 25.3. The number of anilines is 1. The van der Waals surface area contributed by atoms with Crippen LogP contribution in [0.15, 0.2) is 97.1 Å². The number of ether oxygens (including phenoxy) is 1. The maximum atomic E-state index is 13.2. The number of benzene rings is 4. The van der Waals surface area contributed by atoms with E-state index in [9.17, 15) is 24.3 Å². The van der Waals surface area contributed by atoms with E-state index in [1.807, 2.05) is 48.5 Å². The van der Waals surface area contributed by atoms with Crippen molar-refractivity contribution in [1.29, 1.82) is 0 Å². The van der Waals surface area contributed by atoms with E-state index in [0.717, 1.165) is 90.6 Å². The molecule has 1 unspecified atom stereocenters. The summed E-state index contributed by atoms with van der Waals surface area (Å²) in [5.41, 5.74) is 5.76. The van der Waals surface area contributed by atoms with Gasteiger partial charge in [-0.2, -0.15) is 0 Å². The molecule has 2 saturated heterocycles. The first kappa shape index (κ1) is 34.7. The summed E-state index contributed by atoms with van der Waals surface area (Å²) >= 11 is 0. The van der Waals surface area contributed by atoms with E-state index in [1.54, 1.807) is 24.3 Å². The molecule has 10 nitrogen and oxygen atoms in total. The van der Waals surface area contributed by atoms with E-state index in [4.69, 9.17) is 4.74 Å². The highest BCUT2D eigenvalue weighted by molar-refractivity contribution is 6.23. The summed E-state index contributed by atoms with van der Waals surface area (Å²) in [6.07, 6.45) is 5.50. The van der Waals surface area contributed by atoms with Crippen LogP contribution in [0, 0.1) is 0 Å². The van der Waals surface area contributed by atoms with Crippen molar-refractivity contribution in [2.75, 3.05) is 44.2 Å². The van der Waals surface area contributed by atoms with Gasteiger partial charge in [0, 0.05) is 38.3 Å². The number of phenols is 1. The molecule has 7 rings (SSSR count). The molecule has 4 aromatic rings. The zero-order valence-electron chi connectivity index (χ0n) is 29.0. The molecule has 0 radical (unpaired) electrons. The van der Waals surface area contributed by atoms with E-state index >= 15 is 0 Å². The molecule has 0 aliphatic carbocycles. The smallest absolute Gasteiger partial charge is 0.262 e. The number of rotatable bonds is 12. The summed E-state index contributed by atoms with van der Waals surface area (Å²) in [4.78, 5) is 55.9. The van der Waals surface area contributed by atoms with Crippen LogP contribution in [0.25, 0.3) is 11.6 Å². The van der Waals surface area contributed by atoms with Crippen LogP contribution in [-0.2, 0) is 9.59 Å². The number of nitrogens with zero attached hydrogens (tertiary/aromatic N) is 3. The monoisotopic (exact) mass is 698 g/mol. The second kappa shape index (κ2) is 15.7. The Morgan fingerprint density at radius 1 is 0.769 bits per heavy atom. The maximum Gasteiger partial charge on any atom is 0.262 e. The summed E-state index contributed by atoms with van der Waals surface area (Å²) in [6.45, 7) is 5.09. The van der Waals surface area contributed by atoms with E-state index in [1.165, 1.54) is 0 Å². The first-order valence-electron chi connectivity index (χ1n) is 18.0. The average molecular weight is 699 g/mol. The maximum absolute atomic E-state index is 13.2. The van der Waals surface area contributed by atoms with Crippen molar-refractivity contribution in [1.82, 2.24) is 15.1 Å². The van der Waals surface area contributed by atoms with Crippen molar-refractivity contribution in [2.24, 2.45) is 0 Å². The molecule has 0 saturated carbocycles. The SMILES string of the molecule is O=C1CCC(N2C(=O)c3ccc(N4CCN(CCCCCOc5ccc(/C(=C\c6ccccc6)c6ccc(O)cc6)cc5)CC4)cc3C2=O)C(=O)N1. The lowest BCUT2D eigenvalue weighted by Gasteiger charge is -2.36. The lowest BCUT2D eigenvalue weighted by molar-refractivity contribution is -0.136. The minimum Gasteiger partial charge on any atom is -0.508 e. The number of piperazine rings is 1. The van der Waals surface area contributed by atoms with Crippen molar-refractivity contribution in [3.05, 3.63) is 125 Å². The third-order valence-corrected chi connectivity index (χ3v) is 10.0. The van der Waals surface area contributed by atoms with Crippen LogP contribution in [0.2, 0.25) is 0 Å². The second-order valence-electron chi connectivity index (χ2n) is 13.5. The number of hydrogen-bond donors (Lipinski definition) is 2. The standard InChI is InChI=1S/C42H42N4O6/c47-33-14-9-30(10-15-33)36(27-29-7-3-1-4-8-29)31-11-16-34(17-12-31)52-26-6-2-5-21-44-22-24-45(25-23-44)32-13-18-35-37(28-32)42(51)46(41(35)50)38-19-20-39(48)43-40(38)49/h1,3-4,7-18,27-28,38,47H,2,5-6,19-26H2,(H,43,48,49)/b36-27-. The summed E-state index contributed by atoms with van der Waals surface area (Å²) in [7, 11) is 0. The van der Waals surface area contributed by atoms with Crippen molar-refractivity contribution in [3.63, 3.8) is 0 Å². The van der Waals surface area contributed by atoms with E-state index in [0.29, 0.717) is 17.7 Å². The molecule has 0 bridgehead atoms. The summed E-state index contributed by atoms with van der Waals surface area (Å²) in [5, 5.41) is 12.0. The van der Waals surface area contributed by atoms with Crippen LogP contribution in [0.4, 0.5) is 5.69 Å². The van der Waals surface area contributed by atoms with E-state index in [-0.39, 0.29) is 24.5 Å². The Balaban J connectivity index is 0.844. The van der Waals surface area contributed by atoms with Gasteiger partial charge < -0.3 is 14.7 Å². The van der Waals surface area contributed by atoms with Gasteiger partial charge >= 0.3 is 0 Å².